The number of β-amino-alcohol motifs (C(OH)–C–C–N with tert-alkyl or cyclic N) is 1. The van der Waals surface area contributed by atoms with Gasteiger partial charge in [0.1, 0.15) is 12.4 Å². The molecular formula is C23H28N6O2. The molecule has 0 unspecified atom stereocenters. The fourth-order valence-corrected chi connectivity index (χ4v) is 4.11. The van der Waals surface area contributed by atoms with Gasteiger partial charge in [-0.2, -0.15) is 0 Å². The first-order valence-corrected chi connectivity index (χ1v) is 10.6. The SMILES string of the molecule is CCc1cnc(N2CC[C@](NC(=O)Cn3ccnc3C)(c3ccccc3)[C@H](O)C2)nc1. The lowest BCUT2D eigenvalue weighted by Gasteiger charge is -2.46. The van der Waals surface area contributed by atoms with E-state index in [1.807, 2.05) is 54.5 Å². The van der Waals surface area contributed by atoms with E-state index in [0.29, 0.717) is 25.5 Å². The van der Waals surface area contributed by atoms with Crippen LogP contribution in [0.25, 0.3) is 0 Å². The summed E-state index contributed by atoms with van der Waals surface area (Å²) in [5.41, 5.74) is 1.08. The highest BCUT2D eigenvalue weighted by Crippen LogP contribution is 2.34. The van der Waals surface area contributed by atoms with Crippen molar-refractivity contribution in [2.75, 3.05) is 18.0 Å². The lowest BCUT2D eigenvalue weighted by atomic mass is 9.78. The minimum atomic E-state index is -0.882. The zero-order valence-corrected chi connectivity index (χ0v) is 17.9. The van der Waals surface area contributed by atoms with Gasteiger partial charge in [-0.25, -0.2) is 15.0 Å². The van der Waals surface area contributed by atoms with Crippen LogP contribution in [0.2, 0.25) is 0 Å². The predicted octanol–water partition coefficient (Wildman–Crippen LogP) is 1.83. The molecule has 4 rings (SSSR count). The predicted molar refractivity (Wildman–Crippen MR) is 117 cm³/mol. The molecule has 1 aromatic carbocycles. The van der Waals surface area contributed by atoms with E-state index in [4.69, 9.17) is 0 Å². The van der Waals surface area contributed by atoms with Crippen LogP contribution in [-0.4, -0.2) is 49.7 Å². The Bertz CT molecular complexity index is 1020. The minimum absolute atomic E-state index is 0.151. The highest BCUT2D eigenvalue weighted by Gasteiger charge is 2.45. The summed E-state index contributed by atoms with van der Waals surface area (Å²) in [6, 6.07) is 9.69. The largest absolute Gasteiger partial charge is 0.388 e. The van der Waals surface area contributed by atoms with E-state index in [-0.39, 0.29) is 12.5 Å². The molecule has 0 radical (unpaired) electrons. The van der Waals surface area contributed by atoms with Gasteiger partial charge < -0.3 is 19.9 Å². The molecule has 0 saturated carbocycles. The second kappa shape index (κ2) is 8.85. The topological polar surface area (TPSA) is 96.2 Å². The molecule has 2 N–H and O–H groups in total. The average Bonchev–Trinajstić information content (AvgIpc) is 3.20. The molecule has 1 fully saturated rings. The van der Waals surface area contributed by atoms with Crippen molar-refractivity contribution in [3.63, 3.8) is 0 Å². The van der Waals surface area contributed by atoms with Crippen LogP contribution in [-0.2, 0) is 23.3 Å². The third kappa shape index (κ3) is 4.29. The molecule has 2 atom stereocenters. The van der Waals surface area contributed by atoms with Crippen molar-refractivity contribution in [1.29, 1.82) is 0 Å². The number of carbonyl (C=O) groups is 1. The maximum absolute atomic E-state index is 13.0. The van der Waals surface area contributed by atoms with E-state index in [1.165, 1.54) is 0 Å². The van der Waals surface area contributed by atoms with Crippen molar-refractivity contribution < 1.29 is 9.90 Å². The van der Waals surface area contributed by atoms with Gasteiger partial charge in [-0.1, -0.05) is 37.3 Å². The number of nitrogens with zero attached hydrogens (tertiary/aromatic N) is 5. The van der Waals surface area contributed by atoms with E-state index < -0.39 is 11.6 Å². The zero-order chi connectivity index (χ0) is 21.8. The molecule has 2 aromatic heterocycles. The standard InChI is InChI=1S/C23H28N6O2/c1-3-18-13-25-22(26-14-18)29-11-9-23(20(30)15-29,19-7-5-4-6-8-19)27-21(31)16-28-12-10-24-17(28)2/h4-8,10,12-14,20,30H,3,9,11,15-16H2,1-2H3,(H,27,31)/t20-,23+/m1/s1. The van der Waals surface area contributed by atoms with Crippen LogP contribution in [0.4, 0.5) is 5.95 Å². The Labute approximate surface area is 182 Å². The first kappa shape index (κ1) is 21.0. The van der Waals surface area contributed by atoms with E-state index in [9.17, 15) is 9.90 Å². The molecule has 162 valence electrons. The number of aliphatic hydroxyl groups excluding tert-OH is 1. The molecule has 0 aliphatic carbocycles. The number of piperidine rings is 1. The summed E-state index contributed by atoms with van der Waals surface area (Å²) in [5.74, 6) is 1.20. The molecule has 8 nitrogen and oxygen atoms in total. The smallest absolute Gasteiger partial charge is 0.240 e. The first-order valence-electron chi connectivity index (χ1n) is 10.6. The number of amides is 1. The molecule has 3 heterocycles. The van der Waals surface area contributed by atoms with E-state index in [1.54, 1.807) is 17.0 Å². The minimum Gasteiger partial charge on any atom is -0.388 e. The van der Waals surface area contributed by atoms with Crippen LogP contribution < -0.4 is 10.2 Å². The van der Waals surface area contributed by atoms with Crippen LogP contribution in [0.15, 0.2) is 55.1 Å². The molecule has 1 aliphatic heterocycles. The summed E-state index contributed by atoms with van der Waals surface area (Å²) in [6.07, 6.45) is 7.68. The number of hydrogen-bond donors (Lipinski definition) is 2. The van der Waals surface area contributed by atoms with Gasteiger partial charge in [0, 0.05) is 37.9 Å². The second-order valence-electron chi connectivity index (χ2n) is 7.94. The van der Waals surface area contributed by atoms with Crippen molar-refractivity contribution in [2.45, 2.75) is 44.9 Å². The molecule has 1 saturated heterocycles. The summed E-state index contributed by atoms with van der Waals surface area (Å²) < 4.78 is 1.79. The monoisotopic (exact) mass is 420 g/mol. The third-order valence-corrected chi connectivity index (χ3v) is 6.01. The van der Waals surface area contributed by atoms with Crippen molar-refractivity contribution >= 4 is 11.9 Å². The highest BCUT2D eigenvalue weighted by molar-refractivity contribution is 5.77. The number of imidazole rings is 1. The molecule has 1 aliphatic rings. The first-order chi connectivity index (χ1) is 15.0. The number of rotatable bonds is 6. The van der Waals surface area contributed by atoms with Gasteiger partial charge in [-0.3, -0.25) is 4.79 Å². The Hall–Kier alpha value is -3.26. The van der Waals surface area contributed by atoms with Crippen molar-refractivity contribution in [2.24, 2.45) is 0 Å². The number of anilines is 1. The second-order valence-corrected chi connectivity index (χ2v) is 7.94. The Morgan fingerprint density at radius 1 is 1.23 bits per heavy atom. The Morgan fingerprint density at radius 3 is 2.58 bits per heavy atom. The van der Waals surface area contributed by atoms with Crippen molar-refractivity contribution in [1.82, 2.24) is 24.8 Å². The van der Waals surface area contributed by atoms with Gasteiger partial charge in [0.2, 0.25) is 11.9 Å². The number of aliphatic hydroxyl groups is 1. The van der Waals surface area contributed by atoms with Crippen LogP contribution in [0.3, 0.4) is 0 Å². The summed E-state index contributed by atoms with van der Waals surface area (Å²) in [6.45, 7) is 5.01. The summed E-state index contributed by atoms with van der Waals surface area (Å²) in [4.78, 5) is 28.0. The van der Waals surface area contributed by atoms with Gasteiger partial charge in [0.25, 0.3) is 0 Å². The van der Waals surface area contributed by atoms with Crippen molar-refractivity contribution in [3.8, 4) is 0 Å². The number of nitrogens with one attached hydrogen (secondary N) is 1. The van der Waals surface area contributed by atoms with E-state index in [0.717, 1.165) is 23.4 Å². The van der Waals surface area contributed by atoms with Crippen LogP contribution >= 0.6 is 0 Å². The van der Waals surface area contributed by atoms with Gasteiger partial charge in [-0.15, -0.1) is 0 Å². The fraction of sp³-hybridized carbons (Fsp3) is 0.391. The Kier molecular flexibility index (Phi) is 5.99. The Balaban J connectivity index is 1.57. The van der Waals surface area contributed by atoms with Gasteiger partial charge >= 0.3 is 0 Å². The molecule has 8 heteroatoms. The van der Waals surface area contributed by atoms with Crippen LogP contribution in [0.5, 0.6) is 0 Å². The molecular weight excluding hydrogens is 392 g/mol. The number of aromatic nitrogens is 4. The van der Waals surface area contributed by atoms with Crippen LogP contribution in [0, 0.1) is 6.92 Å². The van der Waals surface area contributed by atoms with E-state index in [2.05, 4.69) is 27.2 Å². The maximum Gasteiger partial charge on any atom is 0.240 e. The molecule has 31 heavy (non-hydrogen) atoms. The number of carbonyl (C=O) groups excluding carboxylic acids is 1. The summed E-state index contributed by atoms with van der Waals surface area (Å²) >= 11 is 0. The fourth-order valence-electron chi connectivity index (χ4n) is 4.11. The summed E-state index contributed by atoms with van der Waals surface area (Å²) in [5, 5.41) is 14.5. The van der Waals surface area contributed by atoms with Gasteiger partial charge in [0.15, 0.2) is 0 Å². The molecule has 3 aromatic rings. The van der Waals surface area contributed by atoms with Gasteiger partial charge in [-0.05, 0) is 30.9 Å². The molecule has 0 spiro atoms. The number of benzene rings is 1. The summed E-state index contributed by atoms with van der Waals surface area (Å²) in [7, 11) is 0. The number of aryl methyl sites for hydroxylation is 2. The number of hydrogen-bond acceptors (Lipinski definition) is 6. The van der Waals surface area contributed by atoms with Gasteiger partial charge in [0.05, 0.1) is 11.6 Å². The van der Waals surface area contributed by atoms with Crippen LogP contribution in [0.1, 0.15) is 30.3 Å². The lowest BCUT2D eigenvalue weighted by molar-refractivity contribution is -0.126. The molecule has 0 bridgehead atoms. The lowest BCUT2D eigenvalue weighted by Crippen LogP contribution is -2.62. The Morgan fingerprint density at radius 2 is 1.97 bits per heavy atom. The normalized spacial score (nSPS) is 21.1. The zero-order valence-electron chi connectivity index (χ0n) is 17.9. The van der Waals surface area contributed by atoms with Crippen molar-refractivity contribution in [3.05, 3.63) is 72.1 Å². The quantitative estimate of drug-likeness (QED) is 0.632. The maximum atomic E-state index is 13.0. The highest BCUT2D eigenvalue weighted by atomic mass is 16.3. The third-order valence-electron chi connectivity index (χ3n) is 6.01. The van der Waals surface area contributed by atoms with E-state index >= 15 is 0 Å². The molecule has 1 amide bonds. The average molecular weight is 421 g/mol.